The van der Waals surface area contributed by atoms with Crippen molar-refractivity contribution in [3.63, 3.8) is 0 Å². The molecule has 1 aromatic heterocycles. The molecule has 7 nitrogen and oxygen atoms in total. The van der Waals surface area contributed by atoms with E-state index in [2.05, 4.69) is 0 Å². The monoisotopic (exact) mass is 462 g/mol. The third-order valence-electron chi connectivity index (χ3n) is 6.75. The first-order valence-electron chi connectivity index (χ1n) is 11.6. The van der Waals surface area contributed by atoms with Crippen molar-refractivity contribution in [3.05, 3.63) is 75.6 Å². The van der Waals surface area contributed by atoms with Gasteiger partial charge in [-0.2, -0.15) is 0 Å². The number of rotatable bonds is 7. The second-order valence-electron chi connectivity index (χ2n) is 8.81. The molecule has 0 aliphatic carbocycles. The lowest BCUT2D eigenvalue weighted by Crippen LogP contribution is -2.54. The minimum atomic E-state index is -1.11. The maximum atomic E-state index is 12.8. The lowest BCUT2D eigenvalue weighted by molar-refractivity contribution is -0.315. The summed E-state index contributed by atoms with van der Waals surface area (Å²) >= 11 is 0. The van der Waals surface area contributed by atoms with Crippen LogP contribution >= 0.6 is 0 Å². The highest BCUT2D eigenvalue weighted by Crippen LogP contribution is 2.35. The zero-order valence-corrected chi connectivity index (χ0v) is 19.5. The topological polar surface area (TPSA) is 99.9 Å². The summed E-state index contributed by atoms with van der Waals surface area (Å²) in [5.41, 5.74) is 1.27. The summed E-state index contributed by atoms with van der Waals surface area (Å²) in [6.45, 7) is 4.27. The van der Waals surface area contributed by atoms with Crippen molar-refractivity contribution in [2.45, 2.75) is 44.9 Å². The zero-order chi connectivity index (χ0) is 24.3. The number of carbonyl (C=O) groups excluding carboxylic acids is 2. The second-order valence-corrected chi connectivity index (χ2v) is 8.81. The van der Waals surface area contributed by atoms with E-state index in [0.29, 0.717) is 35.5 Å². The Kier molecular flexibility index (Phi) is 6.72. The molecule has 0 bridgehead atoms. The van der Waals surface area contributed by atoms with Gasteiger partial charge in [0, 0.05) is 35.5 Å². The highest BCUT2D eigenvalue weighted by Gasteiger charge is 2.38. The number of piperidine rings is 1. The van der Waals surface area contributed by atoms with Crippen LogP contribution in [0.4, 0.5) is 0 Å². The van der Waals surface area contributed by atoms with Gasteiger partial charge in [-0.15, -0.1) is 0 Å². The van der Waals surface area contributed by atoms with Crippen LogP contribution in [0.1, 0.15) is 42.9 Å². The van der Waals surface area contributed by atoms with Gasteiger partial charge in [-0.25, -0.2) is 4.79 Å². The summed E-state index contributed by atoms with van der Waals surface area (Å²) in [7, 11) is 0. The number of carboxylic acids is 1. The molecule has 4 rings (SSSR count). The van der Waals surface area contributed by atoms with Crippen LogP contribution < -0.4 is 15.5 Å². The fourth-order valence-electron chi connectivity index (χ4n) is 4.78. The van der Waals surface area contributed by atoms with Gasteiger partial charge in [-0.1, -0.05) is 43.7 Å². The quantitative estimate of drug-likeness (QED) is 0.501. The van der Waals surface area contributed by atoms with Gasteiger partial charge in [-0.3, -0.25) is 4.79 Å². The highest BCUT2D eigenvalue weighted by atomic mass is 16.5. The third kappa shape index (κ3) is 4.42. The second kappa shape index (κ2) is 9.71. The lowest BCUT2D eigenvalue weighted by atomic mass is 9.73. The normalized spacial score (nSPS) is 15.3. The molecule has 2 aromatic carbocycles. The Labute approximate surface area is 198 Å². The van der Waals surface area contributed by atoms with E-state index in [1.165, 1.54) is 6.07 Å². The number of benzene rings is 2. The van der Waals surface area contributed by atoms with Crippen LogP contribution in [0.2, 0.25) is 0 Å². The van der Waals surface area contributed by atoms with Crippen LogP contribution in [-0.4, -0.2) is 36.5 Å². The molecule has 0 saturated carbocycles. The van der Waals surface area contributed by atoms with Crippen LogP contribution in [0.5, 0.6) is 5.75 Å². The number of likely N-dealkylation sites (tertiary alicyclic amines) is 1. The van der Waals surface area contributed by atoms with Crippen molar-refractivity contribution in [2.24, 2.45) is 0 Å². The van der Waals surface area contributed by atoms with Crippen molar-refractivity contribution >= 4 is 22.8 Å². The summed E-state index contributed by atoms with van der Waals surface area (Å²) in [5, 5.41) is 12.9. The van der Waals surface area contributed by atoms with Gasteiger partial charge in [0.2, 0.25) is 0 Å². The smallest absolute Gasteiger partial charge is 0.336 e. The van der Waals surface area contributed by atoms with Crippen LogP contribution in [0.25, 0.3) is 11.0 Å². The van der Waals surface area contributed by atoms with Crippen LogP contribution in [-0.2, 0) is 21.4 Å². The van der Waals surface area contributed by atoms with Gasteiger partial charge in [0.25, 0.3) is 5.91 Å². The van der Waals surface area contributed by atoms with Crippen molar-refractivity contribution in [3.8, 4) is 5.75 Å². The number of aliphatic carboxylic acids is 1. The molecule has 0 radical (unpaired) electrons. The Hall–Kier alpha value is -3.61. The Morgan fingerprint density at radius 1 is 1.12 bits per heavy atom. The molecule has 34 heavy (non-hydrogen) atoms. The Morgan fingerprint density at radius 3 is 2.47 bits per heavy atom. The number of hydrogen-bond donors (Lipinski definition) is 0. The largest absolute Gasteiger partial charge is 0.549 e. The van der Waals surface area contributed by atoms with E-state index >= 15 is 0 Å². The first-order valence-corrected chi connectivity index (χ1v) is 11.6. The molecular weight excluding hydrogens is 434 g/mol. The number of fused-ring (bicyclic) bond motifs is 1. The molecule has 1 fully saturated rings. The predicted octanol–water partition coefficient (Wildman–Crippen LogP) is 2.74. The first-order chi connectivity index (χ1) is 16.4. The number of ether oxygens (including phenoxy) is 1. The average molecular weight is 463 g/mol. The van der Waals surface area contributed by atoms with Crippen molar-refractivity contribution in [2.75, 3.05) is 19.7 Å². The van der Waals surface area contributed by atoms with Crippen LogP contribution in [0, 0.1) is 6.92 Å². The van der Waals surface area contributed by atoms with Gasteiger partial charge in [0.15, 0.2) is 6.61 Å². The van der Waals surface area contributed by atoms with Gasteiger partial charge in [0.05, 0.1) is 5.97 Å². The molecule has 3 aromatic rings. The summed E-state index contributed by atoms with van der Waals surface area (Å²) in [6.07, 6.45) is 2.24. The molecule has 1 amide bonds. The van der Waals surface area contributed by atoms with E-state index < -0.39 is 17.0 Å². The summed E-state index contributed by atoms with van der Waals surface area (Å²) in [4.78, 5) is 38.5. The van der Waals surface area contributed by atoms with E-state index in [-0.39, 0.29) is 25.4 Å². The molecule has 0 atom stereocenters. The summed E-state index contributed by atoms with van der Waals surface area (Å²) in [6, 6.07) is 14.2. The van der Waals surface area contributed by atoms with Crippen molar-refractivity contribution < 1.29 is 23.8 Å². The molecular formula is C27H28NO6-. The Morgan fingerprint density at radius 2 is 1.82 bits per heavy atom. The van der Waals surface area contributed by atoms with E-state index in [9.17, 15) is 19.5 Å². The molecule has 1 saturated heterocycles. The highest BCUT2D eigenvalue weighted by molar-refractivity contribution is 5.85. The van der Waals surface area contributed by atoms with E-state index in [4.69, 9.17) is 9.15 Å². The third-order valence-corrected chi connectivity index (χ3v) is 6.75. The number of nitrogens with zero attached hydrogens (tertiary/aromatic N) is 1. The fourth-order valence-corrected chi connectivity index (χ4v) is 4.78. The Bertz CT molecular complexity index is 1260. The molecule has 2 heterocycles. The van der Waals surface area contributed by atoms with Gasteiger partial charge < -0.3 is 24.0 Å². The minimum absolute atomic E-state index is 0.186. The zero-order valence-electron chi connectivity index (χ0n) is 19.5. The predicted molar refractivity (Wildman–Crippen MR) is 126 cm³/mol. The maximum Gasteiger partial charge on any atom is 0.336 e. The molecule has 178 valence electrons. The SMILES string of the molecule is CCCc1cc(=O)oc2c(C)c(OCC(=O)N3CCC(C(=O)[O-])(c4ccccc4)CC3)ccc12. The standard InChI is InChI=1S/C27H29NO6/c1-3-7-19-16-24(30)34-25-18(2)22(11-10-21(19)25)33-17-23(29)28-14-12-27(13-15-28,26(31)32)20-8-5-4-6-9-20/h4-6,8-11,16H,3,7,12-15,17H2,1-2H3,(H,31,32)/p-1. The van der Waals surface area contributed by atoms with Crippen molar-refractivity contribution in [1.82, 2.24) is 4.90 Å². The fraction of sp³-hybridized carbons (Fsp3) is 0.370. The first kappa shape index (κ1) is 23.5. The van der Waals surface area contributed by atoms with E-state index in [0.717, 1.165) is 23.8 Å². The molecule has 1 aliphatic heterocycles. The number of amides is 1. The molecule has 1 aliphatic rings. The number of carboxylic acid groups (broad SMARTS) is 1. The number of aryl methyl sites for hydroxylation is 2. The average Bonchev–Trinajstić information content (AvgIpc) is 2.84. The molecule has 0 unspecified atom stereocenters. The molecule has 0 spiro atoms. The summed E-state index contributed by atoms with van der Waals surface area (Å²) in [5.74, 6) is -0.860. The maximum absolute atomic E-state index is 12.8. The molecule has 7 heteroatoms. The van der Waals surface area contributed by atoms with Gasteiger partial charge >= 0.3 is 5.63 Å². The van der Waals surface area contributed by atoms with Crippen LogP contribution in [0.15, 0.2) is 57.7 Å². The van der Waals surface area contributed by atoms with Crippen LogP contribution in [0.3, 0.4) is 0 Å². The molecule has 0 N–H and O–H groups in total. The van der Waals surface area contributed by atoms with Gasteiger partial charge in [-0.05, 0) is 49.4 Å². The number of carbonyl (C=O) groups is 2. The summed E-state index contributed by atoms with van der Waals surface area (Å²) < 4.78 is 11.2. The lowest BCUT2D eigenvalue weighted by Gasteiger charge is -2.42. The van der Waals surface area contributed by atoms with Gasteiger partial charge in [0.1, 0.15) is 11.3 Å². The number of hydrogen-bond acceptors (Lipinski definition) is 6. The van der Waals surface area contributed by atoms with E-state index in [1.54, 1.807) is 30.0 Å². The van der Waals surface area contributed by atoms with Crippen molar-refractivity contribution in [1.29, 1.82) is 0 Å². The van der Waals surface area contributed by atoms with E-state index in [1.807, 2.05) is 31.2 Å². The minimum Gasteiger partial charge on any atom is -0.549 e. The Balaban J connectivity index is 1.45.